The Balaban J connectivity index is 1.65. The molecule has 1 saturated heterocycles. The zero-order valence-corrected chi connectivity index (χ0v) is 22.2. The van der Waals surface area contributed by atoms with Crippen LogP contribution in [-0.2, 0) is 0 Å². The maximum atomic E-state index is 13.2. The average molecular weight is 489 g/mol. The minimum absolute atomic E-state index is 0.0656. The molecule has 1 fully saturated rings. The van der Waals surface area contributed by atoms with Crippen molar-refractivity contribution in [1.82, 2.24) is 19.2 Å². The van der Waals surface area contributed by atoms with Crippen LogP contribution < -0.4 is 5.56 Å². The maximum Gasteiger partial charge on any atom is 0.258 e. The molecule has 1 N–H and O–H groups in total. The second-order valence-electron chi connectivity index (χ2n) is 10.2. The monoisotopic (exact) mass is 488 g/mol. The van der Waals surface area contributed by atoms with Crippen LogP contribution in [0.3, 0.4) is 0 Å². The van der Waals surface area contributed by atoms with Gasteiger partial charge in [-0.3, -0.25) is 9.20 Å². The highest BCUT2D eigenvalue weighted by Gasteiger charge is 2.22. The normalized spacial score (nSPS) is 19.0. The van der Waals surface area contributed by atoms with Crippen molar-refractivity contribution in [3.63, 3.8) is 0 Å². The summed E-state index contributed by atoms with van der Waals surface area (Å²) in [7, 11) is 0. The van der Waals surface area contributed by atoms with E-state index in [2.05, 4.69) is 62.4 Å². The van der Waals surface area contributed by atoms with Crippen LogP contribution in [0, 0.1) is 5.92 Å². The second-order valence-corrected chi connectivity index (χ2v) is 10.2. The third-order valence-corrected chi connectivity index (χ3v) is 7.86. The first-order valence-electron chi connectivity index (χ1n) is 13.3. The lowest BCUT2D eigenvalue weighted by atomic mass is 9.90. The summed E-state index contributed by atoms with van der Waals surface area (Å²) in [5.74, 6) is 0.914. The summed E-state index contributed by atoms with van der Waals surface area (Å²) in [6.45, 7) is 15.9. The Labute approximate surface area is 215 Å². The lowest BCUT2D eigenvalue weighted by Gasteiger charge is -2.31. The summed E-state index contributed by atoms with van der Waals surface area (Å²) in [5.41, 5.74) is 6.80. The largest absolute Gasteiger partial charge is 0.395 e. The van der Waals surface area contributed by atoms with E-state index in [-0.39, 0.29) is 12.2 Å². The minimum atomic E-state index is -0.0656. The quantitative estimate of drug-likeness (QED) is 0.545. The van der Waals surface area contributed by atoms with Crippen molar-refractivity contribution in [3.05, 3.63) is 87.9 Å². The summed E-state index contributed by atoms with van der Waals surface area (Å²) in [5, 5.41) is 9.19. The topological polar surface area (TPSA) is 61.1 Å². The van der Waals surface area contributed by atoms with E-state index < -0.39 is 0 Å². The van der Waals surface area contributed by atoms with E-state index in [9.17, 15) is 9.90 Å². The molecule has 0 amide bonds. The summed E-state index contributed by atoms with van der Waals surface area (Å²) in [4.78, 5) is 22.5. The molecule has 6 nitrogen and oxygen atoms in total. The molecule has 36 heavy (non-hydrogen) atoms. The van der Waals surface area contributed by atoms with Gasteiger partial charge in [0.25, 0.3) is 5.56 Å². The van der Waals surface area contributed by atoms with Crippen molar-refractivity contribution >= 4 is 11.2 Å². The van der Waals surface area contributed by atoms with Gasteiger partial charge in [-0.1, -0.05) is 39.0 Å². The number of hydrogen-bond acceptors (Lipinski definition) is 5. The molecule has 2 aliphatic heterocycles. The molecule has 2 aliphatic rings. The summed E-state index contributed by atoms with van der Waals surface area (Å²) in [6.07, 6.45) is 12.3. The standard InChI is InChI=1S/C30H40N4O2/c1-6-21(3)22(4)18-33-19-27(16-24(7-2)23(33)5)28-17-30(36)34-20-26(8-9-29(34)31-28)25-10-12-32(13-11-25)14-15-35/h8-9,16-21,25,35H,5-7,10-15H2,1-4H3/b22-18-. The highest BCUT2D eigenvalue weighted by Crippen LogP contribution is 2.31. The van der Waals surface area contributed by atoms with E-state index in [0.717, 1.165) is 62.2 Å². The number of piperidine rings is 1. The number of allylic oxidation sites excluding steroid dienone is 4. The van der Waals surface area contributed by atoms with Gasteiger partial charge in [-0.25, -0.2) is 4.98 Å². The van der Waals surface area contributed by atoms with Crippen LogP contribution in [0.25, 0.3) is 11.2 Å². The molecule has 1 unspecified atom stereocenters. The molecule has 2 aromatic heterocycles. The summed E-state index contributed by atoms with van der Waals surface area (Å²) < 4.78 is 1.68. The van der Waals surface area contributed by atoms with Crippen LogP contribution in [0.5, 0.6) is 0 Å². The number of likely N-dealkylation sites (tertiary alicyclic amines) is 1. The molecule has 2 aromatic rings. The Kier molecular flexibility index (Phi) is 8.27. The van der Waals surface area contributed by atoms with Gasteiger partial charge in [0.05, 0.1) is 12.3 Å². The lowest BCUT2D eigenvalue weighted by molar-refractivity contribution is 0.164. The Hall–Kier alpha value is -2.96. The second kappa shape index (κ2) is 11.4. The smallest absolute Gasteiger partial charge is 0.258 e. The highest BCUT2D eigenvalue weighted by atomic mass is 16.3. The SMILES string of the molecule is C=C1C(CC)=CC(c2cc(=O)n3cc(C4CCN(CCO)CC4)ccc3n2)=CN1/C=C(/C)C(C)CC. The fourth-order valence-corrected chi connectivity index (χ4v) is 5.07. The molecule has 0 aromatic carbocycles. The van der Waals surface area contributed by atoms with Gasteiger partial charge in [-0.05, 0) is 80.8 Å². The van der Waals surface area contributed by atoms with Crippen molar-refractivity contribution in [3.8, 4) is 0 Å². The molecular weight excluding hydrogens is 448 g/mol. The molecule has 1 atom stereocenters. The van der Waals surface area contributed by atoms with Crippen LogP contribution in [0.15, 0.2) is 71.1 Å². The van der Waals surface area contributed by atoms with Crippen LogP contribution in [0.1, 0.15) is 70.6 Å². The first kappa shape index (κ1) is 26.1. The number of aromatic nitrogens is 2. The van der Waals surface area contributed by atoms with Crippen LogP contribution in [0.2, 0.25) is 0 Å². The number of pyridine rings is 1. The molecular formula is C30H40N4O2. The van der Waals surface area contributed by atoms with Gasteiger partial charge in [0, 0.05) is 42.5 Å². The lowest BCUT2D eigenvalue weighted by Crippen LogP contribution is -2.35. The van der Waals surface area contributed by atoms with Crippen molar-refractivity contribution in [1.29, 1.82) is 0 Å². The molecule has 0 bridgehead atoms. The van der Waals surface area contributed by atoms with E-state index in [0.29, 0.717) is 23.2 Å². The molecule has 4 rings (SSSR count). The predicted octanol–water partition coefficient (Wildman–Crippen LogP) is 5.32. The molecule has 0 spiro atoms. The van der Waals surface area contributed by atoms with E-state index in [1.54, 1.807) is 10.5 Å². The number of aliphatic hydroxyl groups is 1. The molecule has 6 heteroatoms. The van der Waals surface area contributed by atoms with E-state index >= 15 is 0 Å². The van der Waals surface area contributed by atoms with Gasteiger partial charge >= 0.3 is 0 Å². The van der Waals surface area contributed by atoms with Crippen LogP contribution >= 0.6 is 0 Å². The van der Waals surface area contributed by atoms with Crippen molar-refractivity contribution in [2.75, 3.05) is 26.2 Å². The van der Waals surface area contributed by atoms with Gasteiger partial charge in [-0.15, -0.1) is 0 Å². The van der Waals surface area contributed by atoms with Crippen LogP contribution in [0.4, 0.5) is 0 Å². The van der Waals surface area contributed by atoms with Gasteiger partial charge in [0.1, 0.15) is 5.65 Å². The number of nitrogens with zero attached hydrogens (tertiary/aromatic N) is 4. The number of fused-ring (bicyclic) bond motifs is 1. The van der Waals surface area contributed by atoms with E-state index in [1.165, 1.54) is 11.1 Å². The van der Waals surface area contributed by atoms with Gasteiger partial charge in [0.2, 0.25) is 0 Å². The summed E-state index contributed by atoms with van der Waals surface area (Å²) in [6, 6.07) is 5.73. The third-order valence-electron chi connectivity index (χ3n) is 7.86. The fourth-order valence-electron chi connectivity index (χ4n) is 5.07. The molecule has 0 aliphatic carbocycles. The van der Waals surface area contributed by atoms with Crippen molar-refractivity contribution in [2.45, 2.75) is 59.3 Å². The predicted molar refractivity (Wildman–Crippen MR) is 148 cm³/mol. The summed E-state index contributed by atoms with van der Waals surface area (Å²) >= 11 is 0. The van der Waals surface area contributed by atoms with Gasteiger partial charge in [0.15, 0.2) is 0 Å². The van der Waals surface area contributed by atoms with Gasteiger partial charge in [-0.2, -0.15) is 0 Å². The third kappa shape index (κ3) is 5.55. The Morgan fingerprint density at radius 2 is 2.03 bits per heavy atom. The van der Waals surface area contributed by atoms with E-state index in [4.69, 9.17) is 4.98 Å². The number of hydrogen-bond donors (Lipinski definition) is 1. The number of β-amino-alcohol motifs (C(OH)–C–C–N with tert-alkyl or cyclic N) is 1. The zero-order chi connectivity index (χ0) is 25.8. The fraction of sp³-hybridized carbons (Fsp3) is 0.467. The number of aliphatic hydroxyl groups excluding tert-OH is 1. The van der Waals surface area contributed by atoms with Crippen molar-refractivity contribution < 1.29 is 5.11 Å². The molecule has 192 valence electrons. The maximum absolute atomic E-state index is 13.2. The molecule has 4 heterocycles. The highest BCUT2D eigenvalue weighted by molar-refractivity contribution is 5.76. The average Bonchev–Trinajstić information content (AvgIpc) is 2.89. The Morgan fingerprint density at radius 1 is 1.28 bits per heavy atom. The first-order valence-corrected chi connectivity index (χ1v) is 13.3. The number of rotatable bonds is 8. The Morgan fingerprint density at radius 3 is 2.69 bits per heavy atom. The van der Waals surface area contributed by atoms with Crippen molar-refractivity contribution in [2.24, 2.45) is 5.92 Å². The van der Waals surface area contributed by atoms with Gasteiger partial charge < -0.3 is 14.9 Å². The first-order chi connectivity index (χ1) is 17.3. The molecule has 0 radical (unpaired) electrons. The molecule has 0 saturated carbocycles. The zero-order valence-electron chi connectivity index (χ0n) is 22.2. The van der Waals surface area contributed by atoms with Crippen LogP contribution in [-0.4, -0.2) is 50.5 Å². The van der Waals surface area contributed by atoms with E-state index in [1.807, 2.05) is 18.5 Å². The minimum Gasteiger partial charge on any atom is -0.395 e. The Bertz CT molecular complexity index is 1260.